The van der Waals surface area contributed by atoms with E-state index in [1.165, 1.54) is 25.9 Å². The van der Waals surface area contributed by atoms with Crippen LogP contribution < -0.4 is 10.6 Å². The molecule has 158 valence electrons. The smallest absolute Gasteiger partial charge is 0.191 e. The van der Waals surface area contributed by atoms with Crippen molar-refractivity contribution in [2.75, 3.05) is 79.8 Å². The van der Waals surface area contributed by atoms with Crippen molar-refractivity contribution in [3.8, 4) is 0 Å². The van der Waals surface area contributed by atoms with Gasteiger partial charge >= 0.3 is 0 Å². The van der Waals surface area contributed by atoms with Gasteiger partial charge in [-0.3, -0.25) is 9.89 Å². The number of hydrogen-bond acceptors (Lipinski definition) is 5. The van der Waals surface area contributed by atoms with Crippen molar-refractivity contribution in [3.63, 3.8) is 0 Å². The summed E-state index contributed by atoms with van der Waals surface area (Å²) in [4.78, 5) is 9.99. The molecular weight excluding hydrogens is 342 g/mol. The van der Waals surface area contributed by atoms with Crippen LogP contribution in [0.5, 0.6) is 0 Å². The number of methoxy groups -OCH3 is 1. The molecule has 0 spiro atoms. The monoisotopic (exact) mass is 383 g/mol. The minimum atomic E-state index is 0.189. The Morgan fingerprint density at radius 1 is 1.19 bits per heavy atom. The highest BCUT2D eigenvalue weighted by Crippen LogP contribution is 2.31. The fourth-order valence-electron chi connectivity index (χ4n) is 4.04. The zero-order chi connectivity index (χ0) is 19.4. The number of ether oxygens (including phenoxy) is 2. The standard InChI is InChI=1S/C20H41N5O2/c1-4-21-19(22-10-14-24(2)11-7-15-26-3)23-18-20(8-16-27-17-9-20)25-12-5-6-13-25/h4-18H2,1-3H3,(H2,21,22,23). The van der Waals surface area contributed by atoms with Gasteiger partial charge in [-0.05, 0) is 59.2 Å². The Hall–Kier alpha value is -0.890. The van der Waals surface area contributed by atoms with Crippen molar-refractivity contribution in [3.05, 3.63) is 0 Å². The van der Waals surface area contributed by atoms with Gasteiger partial charge in [-0.1, -0.05) is 0 Å². The normalized spacial score (nSPS) is 21.0. The van der Waals surface area contributed by atoms with Crippen molar-refractivity contribution >= 4 is 5.96 Å². The number of nitrogens with one attached hydrogen (secondary N) is 2. The molecule has 0 saturated carbocycles. The summed E-state index contributed by atoms with van der Waals surface area (Å²) in [5.74, 6) is 0.938. The predicted octanol–water partition coefficient (Wildman–Crippen LogP) is 1.15. The third-order valence-electron chi connectivity index (χ3n) is 5.75. The summed E-state index contributed by atoms with van der Waals surface area (Å²) >= 11 is 0. The molecule has 0 aromatic heterocycles. The molecule has 0 amide bonds. The van der Waals surface area contributed by atoms with E-state index >= 15 is 0 Å². The molecule has 7 nitrogen and oxygen atoms in total. The molecule has 2 fully saturated rings. The molecule has 2 rings (SSSR count). The largest absolute Gasteiger partial charge is 0.385 e. The second-order valence-corrected chi connectivity index (χ2v) is 7.80. The molecule has 0 aromatic carbocycles. The summed E-state index contributed by atoms with van der Waals surface area (Å²) in [5.41, 5.74) is 0.189. The number of likely N-dealkylation sites (tertiary alicyclic amines) is 1. The first kappa shape index (κ1) is 22.4. The average molecular weight is 384 g/mol. The molecule has 2 aliphatic rings. The lowest BCUT2D eigenvalue weighted by molar-refractivity contribution is -0.0139. The van der Waals surface area contributed by atoms with Gasteiger partial charge in [-0.2, -0.15) is 0 Å². The minimum absolute atomic E-state index is 0.189. The summed E-state index contributed by atoms with van der Waals surface area (Å²) in [6.07, 6.45) is 5.90. The average Bonchev–Trinajstić information content (AvgIpc) is 3.23. The molecular formula is C20H41N5O2. The van der Waals surface area contributed by atoms with Crippen molar-refractivity contribution in [2.45, 2.75) is 44.6 Å². The highest BCUT2D eigenvalue weighted by atomic mass is 16.5. The van der Waals surface area contributed by atoms with E-state index < -0.39 is 0 Å². The zero-order valence-corrected chi connectivity index (χ0v) is 17.8. The highest BCUT2D eigenvalue weighted by Gasteiger charge is 2.39. The molecule has 0 aromatic rings. The van der Waals surface area contributed by atoms with Crippen molar-refractivity contribution in [1.82, 2.24) is 20.4 Å². The molecule has 0 unspecified atom stereocenters. The SMILES string of the molecule is CCNC(=NCC1(N2CCCC2)CCOCC1)NCCN(C)CCCOC. The van der Waals surface area contributed by atoms with E-state index in [2.05, 4.69) is 34.4 Å². The van der Waals surface area contributed by atoms with Crippen LogP contribution in [0.15, 0.2) is 4.99 Å². The topological polar surface area (TPSA) is 61.4 Å². The summed E-state index contributed by atoms with van der Waals surface area (Å²) in [5, 5.41) is 6.91. The lowest BCUT2D eigenvalue weighted by Crippen LogP contribution is -2.54. The van der Waals surface area contributed by atoms with Crippen LogP contribution in [0.4, 0.5) is 0 Å². The quantitative estimate of drug-likeness (QED) is 0.317. The van der Waals surface area contributed by atoms with Crippen LogP contribution in [0.25, 0.3) is 0 Å². The van der Waals surface area contributed by atoms with Crippen molar-refractivity contribution in [1.29, 1.82) is 0 Å². The van der Waals surface area contributed by atoms with Gasteiger partial charge in [0.1, 0.15) is 0 Å². The molecule has 2 aliphatic heterocycles. The Labute approximate surface area is 165 Å². The molecule has 2 heterocycles. The minimum Gasteiger partial charge on any atom is -0.385 e. The number of aliphatic imine (C=N–C) groups is 1. The van der Waals surface area contributed by atoms with Gasteiger partial charge in [0, 0.05) is 58.6 Å². The molecule has 0 aliphatic carbocycles. The Kier molecular flexibility index (Phi) is 10.4. The maximum absolute atomic E-state index is 5.65. The fraction of sp³-hybridized carbons (Fsp3) is 0.950. The maximum atomic E-state index is 5.65. The van der Waals surface area contributed by atoms with Crippen LogP contribution in [0.3, 0.4) is 0 Å². The first-order chi connectivity index (χ1) is 13.2. The Bertz CT molecular complexity index is 421. The van der Waals surface area contributed by atoms with Gasteiger partial charge < -0.3 is 25.0 Å². The maximum Gasteiger partial charge on any atom is 0.191 e. The number of nitrogens with zero attached hydrogens (tertiary/aromatic N) is 3. The van der Waals surface area contributed by atoms with Gasteiger partial charge in [0.25, 0.3) is 0 Å². The second-order valence-electron chi connectivity index (χ2n) is 7.80. The van der Waals surface area contributed by atoms with Crippen molar-refractivity contribution < 1.29 is 9.47 Å². The van der Waals surface area contributed by atoms with E-state index in [9.17, 15) is 0 Å². The number of hydrogen-bond donors (Lipinski definition) is 2. The van der Waals surface area contributed by atoms with E-state index in [4.69, 9.17) is 14.5 Å². The lowest BCUT2D eigenvalue weighted by Gasteiger charge is -2.43. The van der Waals surface area contributed by atoms with E-state index in [1.807, 2.05) is 0 Å². The van der Waals surface area contributed by atoms with Crippen LogP contribution in [0, 0.1) is 0 Å². The summed E-state index contributed by atoms with van der Waals surface area (Å²) < 4.78 is 10.8. The molecule has 0 atom stereocenters. The highest BCUT2D eigenvalue weighted by molar-refractivity contribution is 5.79. The molecule has 2 saturated heterocycles. The van der Waals surface area contributed by atoms with E-state index in [0.717, 1.165) is 77.8 Å². The fourth-order valence-corrected chi connectivity index (χ4v) is 4.04. The molecule has 0 bridgehead atoms. The van der Waals surface area contributed by atoms with Crippen LogP contribution in [0.2, 0.25) is 0 Å². The summed E-state index contributed by atoms with van der Waals surface area (Å²) in [6, 6.07) is 0. The van der Waals surface area contributed by atoms with Crippen molar-refractivity contribution in [2.24, 2.45) is 4.99 Å². The molecule has 2 N–H and O–H groups in total. The first-order valence-electron chi connectivity index (χ1n) is 10.7. The third kappa shape index (κ3) is 7.56. The Morgan fingerprint density at radius 2 is 1.93 bits per heavy atom. The van der Waals surface area contributed by atoms with Gasteiger partial charge in [0.15, 0.2) is 5.96 Å². The third-order valence-corrected chi connectivity index (χ3v) is 5.75. The van der Waals surface area contributed by atoms with Gasteiger partial charge in [0.05, 0.1) is 6.54 Å². The first-order valence-corrected chi connectivity index (χ1v) is 10.7. The van der Waals surface area contributed by atoms with Crippen LogP contribution >= 0.6 is 0 Å². The van der Waals surface area contributed by atoms with Crippen LogP contribution in [-0.2, 0) is 9.47 Å². The molecule has 7 heteroatoms. The van der Waals surface area contributed by atoms with Gasteiger partial charge in [0.2, 0.25) is 0 Å². The lowest BCUT2D eigenvalue weighted by atomic mass is 9.88. The molecule has 27 heavy (non-hydrogen) atoms. The van der Waals surface area contributed by atoms with Crippen LogP contribution in [-0.4, -0.2) is 101 Å². The van der Waals surface area contributed by atoms with Gasteiger partial charge in [-0.25, -0.2) is 0 Å². The van der Waals surface area contributed by atoms with Gasteiger partial charge in [-0.15, -0.1) is 0 Å². The number of rotatable bonds is 11. The zero-order valence-electron chi connectivity index (χ0n) is 17.8. The summed E-state index contributed by atoms with van der Waals surface area (Å²) in [6.45, 7) is 11.8. The number of likely N-dealkylation sites (N-methyl/N-ethyl adjacent to an activating group) is 1. The van der Waals surface area contributed by atoms with E-state index in [1.54, 1.807) is 7.11 Å². The van der Waals surface area contributed by atoms with E-state index in [0.29, 0.717) is 0 Å². The number of guanidine groups is 1. The van der Waals surface area contributed by atoms with Crippen LogP contribution in [0.1, 0.15) is 39.0 Å². The Morgan fingerprint density at radius 3 is 2.59 bits per heavy atom. The second kappa shape index (κ2) is 12.5. The Balaban J connectivity index is 1.84. The summed E-state index contributed by atoms with van der Waals surface area (Å²) in [7, 11) is 3.92. The molecule has 0 radical (unpaired) electrons. The predicted molar refractivity (Wildman–Crippen MR) is 112 cm³/mol. The van der Waals surface area contributed by atoms with E-state index in [-0.39, 0.29) is 5.54 Å².